The van der Waals surface area contributed by atoms with E-state index in [1.807, 2.05) is 12.1 Å². The summed E-state index contributed by atoms with van der Waals surface area (Å²) in [6, 6.07) is 32.6. The monoisotopic (exact) mass is 555 g/mol. The van der Waals surface area contributed by atoms with Gasteiger partial charge in [0, 0.05) is 27.8 Å². The van der Waals surface area contributed by atoms with E-state index >= 15 is 0 Å². The molecule has 2 N–H and O–H groups in total. The van der Waals surface area contributed by atoms with Crippen molar-refractivity contribution < 1.29 is 24.1 Å². The van der Waals surface area contributed by atoms with Gasteiger partial charge in [0.05, 0.1) is 0 Å². The number of ketones is 1. The molecular formula is C34H22FN3O4. The standard InChI is InChI=1S/C34H22FN3O4/c35-26-11-1-21(2-12-26)31(41)22-7-17-29(18-8-22)42-30-19-9-25(10-20-30)34-37-32(23-3-13-27(39)14-4-23)36-33(38-34)24-5-15-28(40)16-6-24/h1-20,39-40H. The van der Waals surface area contributed by atoms with Crippen LogP contribution in [0.4, 0.5) is 4.39 Å². The molecule has 0 saturated carbocycles. The number of ether oxygens (including phenoxy) is 1. The number of hydrogen-bond donors (Lipinski definition) is 2. The van der Waals surface area contributed by atoms with Crippen LogP contribution in [-0.4, -0.2) is 30.9 Å². The van der Waals surface area contributed by atoms with Crippen molar-refractivity contribution in [1.29, 1.82) is 0 Å². The lowest BCUT2D eigenvalue weighted by atomic mass is 10.0. The molecule has 0 aliphatic rings. The van der Waals surface area contributed by atoms with Crippen molar-refractivity contribution in [3.8, 4) is 57.2 Å². The van der Waals surface area contributed by atoms with Crippen LogP contribution in [0.2, 0.25) is 0 Å². The third-order valence-corrected chi connectivity index (χ3v) is 6.46. The molecule has 5 aromatic carbocycles. The largest absolute Gasteiger partial charge is 0.508 e. The first kappa shape index (κ1) is 26.3. The SMILES string of the molecule is O=C(c1ccc(F)cc1)c1ccc(Oc2ccc(-c3nc(-c4ccc(O)cc4)nc(-c4ccc(O)cc4)n3)cc2)cc1. The Bertz CT molecular complexity index is 1790. The van der Waals surface area contributed by atoms with Crippen LogP contribution in [0.1, 0.15) is 15.9 Å². The lowest BCUT2D eigenvalue weighted by molar-refractivity contribution is 0.103. The van der Waals surface area contributed by atoms with Crippen molar-refractivity contribution in [2.45, 2.75) is 0 Å². The number of benzene rings is 5. The quantitative estimate of drug-likeness (QED) is 0.197. The van der Waals surface area contributed by atoms with E-state index in [9.17, 15) is 19.4 Å². The van der Waals surface area contributed by atoms with Crippen LogP contribution in [0.5, 0.6) is 23.0 Å². The number of phenols is 2. The van der Waals surface area contributed by atoms with E-state index in [4.69, 9.17) is 4.74 Å². The van der Waals surface area contributed by atoms with Gasteiger partial charge in [-0.25, -0.2) is 19.3 Å². The molecule has 1 heterocycles. The average Bonchev–Trinajstić information content (AvgIpc) is 3.02. The normalized spacial score (nSPS) is 10.8. The first-order chi connectivity index (χ1) is 20.4. The van der Waals surface area contributed by atoms with Crippen molar-refractivity contribution >= 4 is 5.78 Å². The molecule has 6 aromatic rings. The molecule has 0 spiro atoms. The van der Waals surface area contributed by atoms with E-state index in [2.05, 4.69) is 15.0 Å². The smallest absolute Gasteiger partial charge is 0.193 e. The van der Waals surface area contributed by atoms with Crippen molar-refractivity contribution in [2.24, 2.45) is 0 Å². The summed E-state index contributed by atoms with van der Waals surface area (Å²) in [6.07, 6.45) is 0. The molecule has 0 bridgehead atoms. The highest BCUT2D eigenvalue weighted by molar-refractivity contribution is 6.09. The molecule has 0 radical (unpaired) electrons. The van der Waals surface area contributed by atoms with Gasteiger partial charge >= 0.3 is 0 Å². The molecule has 6 rings (SSSR count). The van der Waals surface area contributed by atoms with Gasteiger partial charge in [0.2, 0.25) is 0 Å². The highest BCUT2D eigenvalue weighted by Crippen LogP contribution is 2.29. The molecule has 42 heavy (non-hydrogen) atoms. The lowest BCUT2D eigenvalue weighted by Gasteiger charge is -2.10. The Kier molecular flexibility index (Phi) is 7.09. The van der Waals surface area contributed by atoms with Crippen LogP contribution < -0.4 is 4.74 Å². The molecule has 0 amide bonds. The van der Waals surface area contributed by atoms with E-state index in [0.717, 1.165) is 5.56 Å². The maximum Gasteiger partial charge on any atom is 0.193 e. The maximum atomic E-state index is 13.2. The second-order valence-corrected chi connectivity index (χ2v) is 9.39. The Hall–Kier alpha value is -5.89. The van der Waals surface area contributed by atoms with Crippen LogP contribution in [0.15, 0.2) is 121 Å². The minimum Gasteiger partial charge on any atom is -0.508 e. The van der Waals surface area contributed by atoms with Crippen LogP contribution in [0.25, 0.3) is 34.2 Å². The summed E-state index contributed by atoms with van der Waals surface area (Å²) in [6.45, 7) is 0. The fourth-order valence-corrected chi connectivity index (χ4v) is 4.23. The summed E-state index contributed by atoms with van der Waals surface area (Å²) < 4.78 is 19.2. The average molecular weight is 556 g/mol. The molecule has 7 nitrogen and oxygen atoms in total. The maximum absolute atomic E-state index is 13.2. The molecule has 0 atom stereocenters. The molecule has 204 valence electrons. The first-order valence-corrected chi connectivity index (χ1v) is 12.9. The summed E-state index contributed by atoms with van der Waals surface area (Å²) in [5.41, 5.74) is 3.01. The summed E-state index contributed by atoms with van der Waals surface area (Å²) >= 11 is 0. The highest BCUT2D eigenvalue weighted by atomic mass is 19.1. The number of aromatic nitrogens is 3. The topological polar surface area (TPSA) is 105 Å². The van der Waals surface area contributed by atoms with E-state index in [1.165, 1.54) is 24.3 Å². The van der Waals surface area contributed by atoms with Gasteiger partial charge in [-0.05, 0) is 121 Å². The number of nitrogens with zero attached hydrogens (tertiary/aromatic N) is 3. The van der Waals surface area contributed by atoms with Crippen molar-refractivity contribution in [1.82, 2.24) is 15.0 Å². The number of carbonyl (C=O) groups is 1. The zero-order valence-corrected chi connectivity index (χ0v) is 22.0. The predicted molar refractivity (Wildman–Crippen MR) is 156 cm³/mol. The van der Waals surface area contributed by atoms with Crippen LogP contribution >= 0.6 is 0 Å². The number of hydrogen-bond acceptors (Lipinski definition) is 7. The third-order valence-electron chi connectivity index (χ3n) is 6.46. The fourth-order valence-electron chi connectivity index (χ4n) is 4.23. The number of aromatic hydroxyl groups is 2. The van der Waals surface area contributed by atoms with Crippen molar-refractivity contribution in [2.75, 3.05) is 0 Å². The molecule has 0 aliphatic heterocycles. The Morgan fingerprint density at radius 3 is 1.24 bits per heavy atom. The summed E-state index contributed by atoms with van der Waals surface area (Å²) in [7, 11) is 0. The van der Waals surface area contributed by atoms with Gasteiger partial charge in [0.15, 0.2) is 23.3 Å². The van der Waals surface area contributed by atoms with Crippen LogP contribution in [-0.2, 0) is 0 Å². The van der Waals surface area contributed by atoms with Crippen LogP contribution in [0.3, 0.4) is 0 Å². The number of carbonyl (C=O) groups excluding carboxylic acids is 1. The highest BCUT2D eigenvalue weighted by Gasteiger charge is 2.13. The van der Waals surface area contributed by atoms with Gasteiger partial charge in [-0.15, -0.1) is 0 Å². The van der Waals surface area contributed by atoms with Crippen molar-refractivity contribution in [3.63, 3.8) is 0 Å². The third kappa shape index (κ3) is 5.83. The lowest BCUT2D eigenvalue weighted by Crippen LogP contribution is -2.01. The van der Waals surface area contributed by atoms with E-state index in [-0.39, 0.29) is 17.3 Å². The van der Waals surface area contributed by atoms with E-state index in [1.54, 1.807) is 84.9 Å². The number of halogens is 1. The van der Waals surface area contributed by atoms with Gasteiger partial charge in [-0.3, -0.25) is 4.79 Å². The Morgan fingerprint density at radius 2 is 0.833 bits per heavy atom. The second kappa shape index (κ2) is 11.3. The number of rotatable bonds is 7. The molecule has 0 unspecified atom stereocenters. The van der Waals surface area contributed by atoms with E-state index in [0.29, 0.717) is 51.2 Å². The predicted octanol–water partition coefficient (Wildman–Crippen LogP) is 7.45. The molecule has 0 fully saturated rings. The second-order valence-electron chi connectivity index (χ2n) is 9.39. The molecular weight excluding hydrogens is 533 g/mol. The minimum atomic E-state index is -0.396. The van der Waals surface area contributed by atoms with Gasteiger partial charge in [0.1, 0.15) is 28.8 Å². The Morgan fingerprint density at radius 1 is 0.500 bits per heavy atom. The fraction of sp³-hybridized carbons (Fsp3) is 0. The van der Waals surface area contributed by atoms with Crippen LogP contribution in [0, 0.1) is 5.82 Å². The Labute approximate surface area is 240 Å². The van der Waals surface area contributed by atoms with Crippen molar-refractivity contribution in [3.05, 3.63) is 138 Å². The molecule has 1 aromatic heterocycles. The summed E-state index contributed by atoms with van der Waals surface area (Å²) in [5, 5.41) is 19.4. The Balaban J connectivity index is 1.25. The molecule has 0 aliphatic carbocycles. The van der Waals surface area contributed by atoms with Gasteiger partial charge in [-0.2, -0.15) is 0 Å². The summed E-state index contributed by atoms with van der Waals surface area (Å²) in [5.74, 6) is 2.08. The summed E-state index contributed by atoms with van der Waals surface area (Å²) in [4.78, 5) is 26.6. The van der Waals surface area contributed by atoms with Gasteiger partial charge in [-0.1, -0.05) is 0 Å². The zero-order valence-electron chi connectivity index (χ0n) is 22.0. The molecule has 0 saturated heterocycles. The van der Waals surface area contributed by atoms with Gasteiger partial charge in [0.25, 0.3) is 0 Å². The van der Waals surface area contributed by atoms with Gasteiger partial charge < -0.3 is 14.9 Å². The first-order valence-electron chi connectivity index (χ1n) is 12.9. The van der Waals surface area contributed by atoms with E-state index < -0.39 is 5.82 Å². The zero-order chi connectivity index (χ0) is 29.1. The number of phenolic OH excluding ortho intramolecular Hbond substituents is 2. The minimum absolute atomic E-state index is 0.136. The molecule has 8 heteroatoms.